The van der Waals surface area contributed by atoms with Gasteiger partial charge >= 0.3 is 0 Å². The van der Waals surface area contributed by atoms with E-state index < -0.39 is 9.84 Å². The average molecular weight is 440 g/mol. The van der Waals surface area contributed by atoms with Gasteiger partial charge in [0.2, 0.25) is 0 Å². The monoisotopic (exact) mass is 439 g/mol. The van der Waals surface area contributed by atoms with Gasteiger partial charge in [0, 0.05) is 19.0 Å². The van der Waals surface area contributed by atoms with E-state index in [-0.39, 0.29) is 29.5 Å². The van der Waals surface area contributed by atoms with E-state index in [9.17, 15) is 13.2 Å². The third-order valence-electron chi connectivity index (χ3n) is 6.02. The van der Waals surface area contributed by atoms with Gasteiger partial charge in [-0.1, -0.05) is 61.9 Å². The van der Waals surface area contributed by atoms with Gasteiger partial charge in [-0.05, 0) is 30.5 Å². The van der Waals surface area contributed by atoms with Crippen LogP contribution < -0.4 is 5.01 Å². The quantitative estimate of drug-likeness (QED) is 0.658. The summed E-state index contributed by atoms with van der Waals surface area (Å²) in [6.07, 6.45) is 2.80. The van der Waals surface area contributed by atoms with E-state index in [1.165, 1.54) is 0 Å². The van der Waals surface area contributed by atoms with Crippen LogP contribution in [0.25, 0.3) is 0 Å². The highest BCUT2D eigenvalue weighted by Crippen LogP contribution is 2.35. The molecule has 2 aromatic rings. The molecule has 7 heteroatoms. The molecule has 1 fully saturated rings. The molecule has 0 aliphatic carbocycles. The Morgan fingerprint density at radius 1 is 1.10 bits per heavy atom. The lowest BCUT2D eigenvalue weighted by Gasteiger charge is -2.28. The smallest absolute Gasteiger partial charge is 0.270 e. The summed E-state index contributed by atoms with van der Waals surface area (Å²) in [5.41, 5.74) is 2.53. The topological polar surface area (TPSA) is 70.1 Å². The Morgan fingerprint density at radius 3 is 2.39 bits per heavy atom. The molecule has 2 aromatic carbocycles. The van der Waals surface area contributed by atoms with Crippen LogP contribution in [-0.4, -0.2) is 49.0 Å². The normalized spacial score (nSPS) is 22.4. The number of hydrogen-bond donors (Lipinski definition) is 0. The average Bonchev–Trinajstić information content (AvgIpc) is 3.39. The Balaban J connectivity index is 1.64. The van der Waals surface area contributed by atoms with Gasteiger partial charge in [0.1, 0.15) is 5.71 Å². The largest absolute Gasteiger partial charge is 0.334 e. The van der Waals surface area contributed by atoms with Crippen LogP contribution in [0.4, 0.5) is 5.69 Å². The van der Waals surface area contributed by atoms with Crippen LogP contribution >= 0.6 is 0 Å². The van der Waals surface area contributed by atoms with Crippen LogP contribution in [0.2, 0.25) is 0 Å². The lowest BCUT2D eigenvalue weighted by atomic mass is 10.0. The van der Waals surface area contributed by atoms with Gasteiger partial charge in [0.15, 0.2) is 9.84 Å². The van der Waals surface area contributed by atoms with Gasteiger partial charge in [-0.2, -0.15) is 5.10 Å². The number of unbranched alkanes of at least 4 members (excludes halogenated alkanes) is 1. The number of amides is 1. The number of hydrogen-bond acceptors (Lipinski definition) is 5. The van der Waals surface area contributed by atoms with E-state index in [1.54, 1.807) is 4.90 Å². The number of para-hydroxylation sites is 1. The summed E-state index contributed by atoms with van der Waals surface area (Å²) in [4.78, 5) is 15.3. The second-order valence-corrected chi connectivity index (χ2v) is 10.5. The summed E-state index contributed by atoms with van der Waals surface area (Å²) in [6.45, 7) is 2.64. The molecule has 2 unspecified atom stereocenters. The Hall–Kier alpha value is -2.67. The highest BCUT2D eigenvalue weighted by molar-refractivity contribution is 7.91. The van der Waals surface area contributed by atoms with E-state index in [0.717, 1.165) is 24.1 Å². The molecule has 0 saturated carbocycles. The number of hydrazone groups is 1. The maximum Gasteiger partial charge on any atom is 0.270 e. The number of anilines is 1. The van der Waals surface area contributed by atoms with Gasteiger partial charge in [0.05, 0.1) is 23.2 Å². The molecule has 0 N–H and O–H groups in total. The van der Waals surface area contributed by atoms with Crippen LogP contribution in [0.1, 0.15) is 44.2 Å². The number of sulfone groups is 1. The van der Waals surface area contributed by atoms with E-state index in [4.69, 9.17) is 5.10 Å². The van der Waals surface area contributed by atoms with Crippen molar-refractivity contribution in [2.45, 2.75) is 44.7 Å². The fourth-order valence-corrected chi connectivity index (χ4v) is 6.09. The SMILES string of the molecule is CCCCN(C(=O)C1=NN(c2ccccc2)C(c2ccccc2)C1)C1CCS(=O)(=O)C1. The lowest BCUT2D eigenvalue weighted by Crippen LogP contribution is -2.45. The number of rotatable bonds is 7. The van der Waals surface area contributed by atoms with E-state index in [0.29, 0.717) is 25.1 Å². The highest BCUT2D eigenvalue weighted by atomic mass is 32.2. The van der Waals surface area contributed by atoms with Crippen LogP contribution in [0.3, 0.4) is 0 Å². The standard InChI is InChI=1S/C24H29N3O3S/c1-2-3-15-26(21-14-16-31(29,30)18-21)24(28)22-17-23(19-10-6-4-7-11-19)27(25-22)20-12-8-5-9-13-20/h4-13,21,23H,2-3,14-18H2,1H3. The zero-order valence-electron chi connectivity index (χ0n) is 17.9. The molecule has 1 amide bonds. The maximum atomic E-state index is 13.6. The van der Waals surface area contributed by atoms with Crippen LogP contribution in [0, 0.1) is 0 Å². The van der Waals surface area contributed by atoms with Crippen LogP contribution in [0.15, 0.2) is 65.8 Å². The zero-order valence-corrected chi connectivity index (χ0v) is 18.7. The number of carbonyl (C=O) groups is 1. The van der Waals surface area contributed by atoms with Crippen molar-refractivity contribution in [3.8, 4) is 0 Å². The fraction of sp³-hybridized carbons (Fsp3) is 0.417. The first kappa shape index (κ1) is 21.6. The molecule has 31 heavy (non-hydrogen) atoms. The first-order valence-electron chi connectivity index (χ1n) is 11.0. The van der Waals surface area contributed by atoms with Crippen molar-refractivity contribution in [2.24, 2.45) is 5.10 Å². The molecule has 2 aliphatic rings. The van der Waals surface area contributed by atoms with Crippen molar-refractivity contribution in [2.75, 3.05) is 23.1 Å². The summed E-state index contributed by atoms with van der Waals surface area (Å²) in [5, 5.41) is 6.68. The summed E-state index contributed by atoms with van der Waals surface area (Å²) in [7, 11) is -3.07. The van der Waals surface area contributed by atoms with Gasteiger partial charge in [0.25, 0.3) is 5.91 Å². The predicted octanol–water partition coefficient (Wildman–Crippen LogP) is 3.81. The van der Waals surface area contributed by atoms with Crippen molar-refractivity contribution < 1.29 is 13.2 Å². The minimum atomic E-state index is -3.07. The summed E-state index contributed by atoms with van der Waals surface area (Å²) in [6, 6.07) is 19.6. The molecule has 4 rings (SSSR count). The fourth-order valence-electron chi connectivity index (χ4n) is 4.36. The van der Waals surface area contributed by atoms with Gasteiger partial charge in [-0.3, -0.25) is 9.80 Å². The van der Waals surface area contributed by atoms with Crippen LogP contribution in [-0.2, 0) is 14.6 Å². The minimum Gasteiger partial charge on any atom is -0.334 e. The van der Waals surface area contributed by atoms with Gasteiger partial charge in [-0.15, -0.1) is 0 Å². The number of benzene rings is 2. The third-order valence-corrected chi connectivity index (χ3v) is 7.78. The third kappa shape index (κ3) is 4.82. The number of nitrogens with zero attached hydrogens (tertiary/aromatic N) is 3. The molecule has 164 valence electrons. The van der Waals surface area contributed by atoms with Crippen molar-refractivity contribution in [3.05, 3.63) is 66.2 Å². The van der Waals surface area contributed by atoms with Crippen molar-refractivity contribution in [1.29, 1.82) is 0 Å². The first-order valence-corrected chi connectivity index (χ1v) is 12.8. The van der Waals surface area contributed by atoms with Crippen molar-refractivity contribution >= 4 is 27.1 Å². The molecule has 0 aromatic heterocycles. The number of carbonyl (C=O) groups excluding carboxylic acids is 1. The molecule has 2 atom stereocenters. The maximum absolute atomic E-state index is 13.6. The summed E-state index contributed by atoms with van der Waals surface area (Å²) < 4.78 is 24.1. The summed E-state index contributed by atoms with van der Waals surface area (Å²) in [5.74, 6) is 0.0817. The first-order chi connectivity index (χ1) is 15.0. The molecular formula is C24H29N3O3S. The Morgan fingerprint density at radius 2 is 1.77 bits per heavy atom. The molecular weight excluding hydrogens is 410 g/mol. The molecule has 1 saturated heterocycles. The Kier molecular flexibility index (Phi) is 6.41. The molecule has 2 heterocycles. The minimum absolute atomic E-state index is 0.0558. The van der Waals surface area contributed by atoms with Gasteiger partial charge in [-0.25, -0.2) is 8.42 Å². The highest BCUT2D eigenvalue weighted by Gasteiger charge is 2.39. The van der Waals surface area contributed by atoms with E-state index in [2.05, 4.69) is 19.1 Å². The van der Waals surface area contributed by atoms with Crippen molar-refractivity contribution in [3.63, 3.8) is 0 Å². The zero-order chi connectivity index (χ0) is 21.8. The van der Waals surface area contributed by atoms with Crippen molar-refractivity contribution in [1.82, 2.24) is 4.90 Å². The second kappa shape index (κ2) is 9.22. The molecule has 0 bridgehead atoms. The van der Waals surface area contributed by atoms with Crippen LogP contribution in [0.5, 0.6) is 0 Å². The predicted molar refractivity (Wildman–Crippen MR) is 124 cm³/mol. The van der Waals surface area contributed by atoms with E-state index in [1.807, 2.05) is 53.5 Å². The van der Waals surface area contributed by atoms with Gasteiger partial charge < -0.3 is 4.90 Å². The Labute approximate surface area is 184 Å². The molecule has 6 nitrogen and oxygen atoms in total. The second-order valence-electron chi connectivity index (χ2n) is 8.27. The molecule has 2 aliphatic heterocycles. The lowest BCUT2D eigenvalue weighted by molar-refractivity contribution is -0.126. The molecule has 0 radical (unpaired) electrons. The van der Waals surface area contributed by atoms with E-state index >= 15 is 0 Å². The Bertz CT molecular complexity index is 1040. The summed E-state index contributed by atoms with van der Waals surface area (Å²) >= 11 is 0. The molecule has 0 spiro atoms.